The Kier molecular flexibility index (Phi) is 5.52. The van der Waals surface area contributed by atoms with Gasteiger partial charge in [-0.1, -0.05) is 30.3 Å². The van der Waals surface area contributed by atoms with Crippen molar-refractivity contribution in [3.63, 3.8) is 0 Å². The average Bonchev–Trinajstić information content (AvgIpc) is 2.47. The van der Waals surface area contributed by atoms with Crippen LogP contribution in [-0.4, -0.2) is 49.6 Å². The normalized spacial score (nSPS) is 15.6. The second kappa shape index (κ2) is 7.62. The molecule has 0 atom stereocenters. The summed E-state index contributed by atoms with van der Waals surface area (Å²) in [5.41, 5.74) is 0.997. The zero-order valence-corrected chi connectivity index (χ0v) is 11.4. The Morgan fingerprint density at radius 1 is 1.15 bits per heavy atom. The van der Waals surface area contributed by atoms with Crippen LogP contribution in [0.3, 0.4) is 0 Å². The molecule has 0 saturated carbocycles. The first-order valence-electron chi connectivity index (χ1n) is 6.79. The summed E-state index contributed by atoms with van der Waals surface area (Å²) in [6.45, 7) is 4.10. The molecular formula is C14H20N4O2. The van der Waals surface area contributed by atoms with Crippen LogP contribution in [0.25, 0.3) is 0 Å². The predicted octanol–water partition coefficient (Wildman–Crippen LogP) is -0.0824. The van der Waals surface area contributed by atoms with Crippen molar-refractivity contribution in [1.29, 1.82) is 0 Å². The number of amides is 3. The molecule has 1 saturated heterocycles. The van der Waals surface area contributed by atoms with Crippen LogP contribution in [0.5, 0.6) is 0 Å². The summed E-state index contributed by atoms with van der Waals surface area (Å²) < 4.78 is 0. The SMILES string of the molecule is O=C(CN1CCNCC1)NC(=O)NCc1ccccc1. The van der Waals surface area contributed by atoms with Gasteiger partial charge < -0.3 is 10.6 Å². The Labute approximate surface area is 118 Å². The topological polar surface area (TPSA) is 73.5 Å². The minimum Gasteiger partial charge on any atom is -0.334 e. The van der Waals surface area contributed by atoms with Gasteiger partial charge in [-0.15, -0.1) is 0 Å². The van der Waals surface area contributed by atoms with Crippen molar-refractivity contribution in [3.05, 3.63) is 35.9 Å². The van der Waals surface area contributed by atoms with E-state index in [-0.39, 0.29) is 12.5 Å². The number of imide groups is 1. The highest BCUT2D eigenvalue weighted by Gasteiger charge is 2.14. The molecule has 3 amide bonds. The highest BCUT2D eigenvalue weighted by Crippen LogP contribution is 1.97. The van der Waals surface area contributed by atoms with Crippen LogP contribution in [0.15, 0.2) is 30.3 Å². The molecule has 6 nitrogen and oxygen atoms in total. The third kappa shape index (κ3) is 4.99. The fourth-order valence-corrected chi connectivity index (χ4v) is 2.06. The van der Waals surface area contributed by atoms with Crippen molar-refractivity contribution < 1.29 is 9.59 Å². The number of urea groups is 1. The molecular weight excluding hydrogens is 256 g/mol. The van der Waals surface area contributed by atoms with Gasteiger partial charge in [-0.2, -0.15) is 0 Å². The lowest BCUT2D eigenvalue weighted by Crippen LogP contribution is -2.49. The standard InChI is InChI=1S/C14H20N4O2/c19-13(11-18-8-6-15-7-9-18)17-14(20)16-10-12-4-2-1-3-5-12/h1-5,15H,6-11H2,(H2,16,17,19,20). The summed E-state index contributed by atoms with van der Waals surface area (Å²) in [5, 5.41) is 8.23. The van der Waals surface area contributed by atoms with E-state index < -0.39 is 6.03 Å². The second-order valence-electron chi connectivity index (χ2n) is 4.74. The molecule has 1 fully saturated rings. The maximum atomic E-state index is 11.7. The number of benzene rings is 1. The van der Waals surface area contributed by atoms with E-state index in [0.717, 1.165) is 31.7 Å². The first-order chi connectivity index (χ1) is 9.74. The number of carbonyl (C=O) groups excluding carboxylic acids is 2. The molecule has 1 aliphatic rings. The van der Waals surface area contributed by atoms with E-state index in [1.54, 1.807) is 0 Å². The number of hydrogen-bond acceptors (Lipinski definition) is 4. The summed E-state index contributed by atoms with van der Waals surface area (Å²) in [5.74, 6) is -0.266. The van der Waals surface area contributed by atoms with E-state index in [2.05, 4.69) is 16.0 Å². The Balaban J connectivity index is 1.67. The van der Waals surface area contributed by atoms with Crippen molar-refractivity contribution in [3.8, 4) is 0 Å². The molecule has 2 rings (SSSR count). The van der Waals surface area contributed by atoms with E-state index in [9.17, 15) is 9.59 Å². The van der Waals surface area contributed by atoms with E-state index >= 15 is 0 Å². The molecule has 0 spiro atoms. The quantitative estimate of drug-likeness (QED) is 0.719. The maximum absolute atomic E-state index is 11.7. The summed E-state index contributed by atoms with van der Waals surface area (Å²) in [6, 6.07) is 9.12. The Hall–Kier alpha value is -1.92. The summed E-state index contributed by atoms with van der Waals surface area (Å²) >= 11 is 0. The first kappa shape index (κ1) is 14.5. The van der Waals surface area contributed by atoms with Crippen LogP contribution < -0.4 is 16.0 Å². The summed E-state index contributed by atoms with van der Waals surface area (Å²) in [6.07, 6.45) is 0. The van der Waals surface area contributed by atoms with Gasteiger partial charge in [0.1, 0.15) is 0 Å². The molecule has 0 aliphatic carbocycles. The van der Waals surface area contributed by atoms with E-state index in [0.29, 0.717) is 6.54 Å². The van der Waals surface area contributed by atoms with Crippen LogP contribution >= 0.6 is 0 Å². The van der Waals surface area contributed by atoms with Crippen LogP contribution in [0.2, 0.25) is 0 Å². The lowest BCUT2D eigenvalue weighted by atomic mass is 10.2. The van der Waals surface area contributed by atoms with Gasteiger partial charge in [0.15, 0.2) is 0 Å². The number of carbonyl (C=O) groups is 2. The molecule has 3 N–H and O–H groups in total. The first-order valence-corrected chi connectivity index (χ1v) is 6.79. The van der Waals surface area contributed by atoms with Crippen LogP contribution in [0.4, 0.5) is 4.79 Å². The Morgan fingerprint density at radius 3 is 2.55 bits per heavy atom. The fourth-order valence-electron chi connectivity index (χ4n) is 2.06. The zero-order valence-electron chi connectivity index (χ0n) is 11.4. The fraction of sp³-hybridized carbons (Fsp3) is 0.429. The van der Waals surface area contributed by atoms with Crippen molar-refractivity contribution >= 4 is 11.9 Å². The molecule has 20 heavy (non-hydrogen) atoms. The Bertz CT molecular complexity index is 444. The lowest BCUT2D eigenvalue weighted by molar-refractivity contribution is -0.121. The van der Waals surface area contributed by atoms with Crippen LogP contribution in [0, 0.1) is 0 Å². The van der Waals surface area contributed by atoms with Crippen LogP contribution in [0.1, 0.15) is 5.56 Å². The average molecular weight is 276 g/mol. The van der Waals surface area contributed by atoms with Gasteiger partial charge in [-0.25, -0.2) is 4.79 Å². The molecule has 108 valence electrons. The second-order valence-corrected chi connectivity index (χ2v) is 4.74. The maximum Gasteiger partial charge on any atom is 0.321 e. The number of nitrogens with one attached hydrogen (secondary N) is 3. The van der Waals surface area contributed by atoms with E-state index in [1.807, 2.05) is 35.2 Å². The van der Waals surface area contributed by atoms with Gasteiger partial charge in [0.25, 0.3) is 0 Å². The number of rotatable bonds is 4. The molecule has 0 radical (unpaired) electrons. The van der Waals surface area contributed by atoms with Crippen molar-refractivity contribution in [1.82, 2.24) is 20.9 Å². The largest absolute Gasteiger partial charge is 0.334 e. The third-order valence-electron chi connectivity index (χ3n) is 3.13. The number of nitrogens with zero attached hydrogens (tertiary/aromatic N) is 1. The number of piperazine rings is 1. The van der Waals surface area contributed by atoms with Crippen LogP contribution in [-0.2, 0) is 11.3 Å². The monoisotopic (exact) mass is 276 g/mol. The van der Waals surface area contributed by atoms with Crippen molar-refractivity contribution in [2.24, 2.45) is 0 Å². The highest BCUT2D eigenvalue weighted by atomic mass is 16.2. The zero-order chi connectivity index (χ0) is 14.2. The van der Waals surface area contributed by atoms with Gasteiger partial charge in [0, 0.05) is 32.7 Å². The predicted molar refractivity (Wildman–Crippen MR) is 76.1 cm³/mol. The molecule has 6 heteroatoms. The van der Waals surface area contributed by atoms with Gasteiger partial charge in [0.2, 0.25) is 5.91 Å². The number of hydrogen-bond donors (Lipinski definition) is 3. The molecule has 0 bridgehead atoms. The summed E-state index contributed by atoms with van der Waals surface area (Å²) in [4.78, 5) is 25.3. The molecule has 0 aromatic heterocycles. The van der Waals surface area contributed by atoms with Crippen molar-refractivity contribution in [2.75, 3.05) is 32.7 Å². The van der Waals surface area contributed by atoms with E-state index in [1.165, 1.54) is 0 Å². The lowest BCUT2D eigenvalue weighted by Gasteiger charge is -2.26. The smallest absolute Gasteiger partial charge is 0.321 e. The highest BCUT2D eigenvalue weighted by molar-refractivity contribution is 5.95. The molecule has 1 aromatic rings. The minimum atomic E-state index is -0.450. The van der Waals surface area contributed by atoms with Crippen molar-refractivity contribution in [2.45, 2.75) is 6.54 Å². The molecule has 1 aromatic carbocycles. The van der Waals surface area contributed by atoms with Gasteiger partial charge in [-0.05, 0) is 5.56 Å². The third-order valence-corrected chi connectivity index (χ3v) is 3.13. The Morgan fingerprint density at radius 2 is 1.85 bits per heavy atom. The van der Waals surface area contributed by atoms with Gasteiger partial charge in [0.05, 0.1) is 6.54 Å². The van der Waals surface area contributed by atoms with E-state index in [4.69, 9.17) is 0 Å². The van der Waals surface area contributed by atoms with Gasteiger partial charge >= 0.3 is 6.03 Å². The summed E-state index contributed by atoms with van der Waals surface area (Å²) in [7, 11) is 0. The molecule has 1 heterocycles. The molecule has 0 unspecified atom stereocenters. The minimum absolute atomic E-state index is 0.264. The molecule has 1 aliphatic heterocycles. The van der Waals surface area contributed by atoms with Gasteiger partial charge in [-0.3, -0.25) is 15.0 Å².